The molecule has 8 heteroatoms. The number of rotatable bonds is 6. The Bertz CT molecular complexity index is 964. The Morgan fingerprint density at radius 2 is 2.03 bits per heavy atom. The highest BCUT2D eigenvalue weighted by molar-refractivity contribution is 7.14. The number of nitrogens with zero attached hydrogens (tertiary/aromatic N) is 2. The van der Waals surface area contributed by atoms with Crippen LogP contribution in [0.2, 0.25) is 10.0 Å². The Morgan fingerprint density at radius 3 is 2.62 bits per heavy atom. The van der Waals surface area contributed by atoms with Crippen molar-refractivity contribution >= 4 is 51.9 Å². The molecule has 0 radical (unpaired) electrons. The molecule has 2 aliphatic rings. The lowest BCUT2D eigenvalue weighted by Crippen LogP contribution is -2.18. The number of carboxylic acid groups (broad SMARTS) is 1. The van der Waals surface area contributed by atoms with E-state index in [0.29, 0.717) is 22.5 Å². The van der Waals surface area contributed by atoms with Crippen molar-refractivity contribution in [2.24, 2.45) is 0 Å². The summed E-state index contributed by atoms with van der Waals surface area (Å²) in [5.74, 6) is -0.833. The summed E-state index contributed by atoms with van der Waals surface area (Å²) < 4.78 is 0. The molecule has 1 aromatic heterocycles. The maximum atomic E-state index is 10.00. The Balaban J connectivity index is 0.000000219. The number of allylic oxidation sites excluding steroid dienone is 4. The predicted octanol–water partition coefficient (Wildman–Crippen LogP) is 7.05. The molecule has 172 valence electrons. The van der Waals surface area contributed by atoms with E-state index in [1.54, 1.807) is 17.4 Å². The first-order valence-corrected chi connectivity index (χ1v) is 12.1. The van der Waals surface area contributed by atoms with Crippen LogP contribution >= 0.6 is 34.5 Å². The van der Waals surface area contributed by atoms with Gasteiger partial charge in [-0.15, -0.1) is 11.3 Å². The highest BCUT2D eigenvalue weighted by atomic mass is 35.5. The summed E-state index contributed by atoms with van der Waals surface area (Å²) >= 11 is 13.8. The molecule has 0 unspecified atom stereocenters. The van der Waals surface area contributed by atoms with Gasteiger partial charge in [0.2, 0.25) is 0 Å². The zero-order valence-electron chi connectivity index (χ0n) is 18.3. The van der Waals surface area contributed by atoms with Gasteiger partial charge in [-0.25, -0.2) is 4.98 Å². The van der Waals surface area contributed by atoms with Gasteiger partial charge in [0, 0.05) is 42.4 Å². The van der Waals surface area contributed by atoms with Crippen molar-refractivity contribution in [3.63, 3.8) is 0 Å². The van der Waals surface area contributed by atoms with Crippen LogP contribution in [0.3, 0.4) is 0 Å². The van der Waals surface area contributed by atoms with Gasteiger partial charge in [-0.3, -0.25) is 4.79 Å². The molecule has 0 aliphatic heterocycles. The van der Waals surface area contributed by atoms with Crippen LogP contribution in [0.15, 0.2) is 47.4 Å². The van der Waals surface area contributed by atoms with Gasteiger partial charge in [0.25, 0.3) is 5.97 Å². The van der Waals surface area contributed by atoms with Crippen molar-refractivity contribution in [1.82, 2.24) is 4.98 Å². The highest BCUT2D eigenvalue weighted by Crippen LogP contribution is 2.36. The summed E-state index contributed by atoms with van der Waals surface area (Å²) in [6.45, 7) is 1.08. The standard InChI is InChI=1S/C13H12Cl2N2S.C9H12O.C2H4O2/c1-17(9-3-4-9)13-16-12(7-18-13)10-6-8(14)2-5-11(10)15;10-8-4-7-9-5-2-1-3-6-9;1-2(3)4/h2,5-7,9H,3-4H2,1H3;2,5-6,8H,1,3-4,7H2;1H3,(H,3,4). The minimum absolute atomic E-state index is 0.663. The lowest BCUT2D eigenvalue weighted by molar-refractivity contribution is -0.134. The van der Waals surface area contributed by atoms with Gasteiger partial charge in [0.1, 0.15) is 6.29 Å². The molecule has 1 saturated carbocycles. The molecule has 1 N–H and O–H groups in total. The molecule has 5 nitrogen and oxygen atoms in total. The fourth-order valence-electron chi connectivity index (χ4n) is 2.94. The monoisotopic (exact) mass is 494 g/mol. The molecular formula is C24H28Cl2N2O3S. The van der Waals surface area contributed by atoms with E-state index in [0.717, 1.165) is 48.9 Å². The summed E-state index contributed by atoms with van der Waals surface area (Å²) in [4.78, 5) is 25.9. The quantitative estimate of drug-likeness (QED) is 0.435. The predicted molar refractivity (Wildman–Crippen MR) is 134 cm³/mol. The number of carboxylic acids is 1. The summed E-state index contributed by atoms with van der Waals surface area (Å²) in [6, 6.07) is 6.12. The topological polar surface area (TPSA) is 70.5 Å². The van der Waals surface area contributed by atoms with Gasteiger partial charge in [-0.05, 0) is 50.3 Å². The third-order valence-electron chi connectivity index (χ3n) is 4.72. The van der Waals surface area contributed by atoms with E-state index < -0.39 is 5.97 Å². The number of hydrogen-bond acceptors (Lipinski definition) is 5. The summed E-state index contributed by atoms with van der Waals surface area (Å²) in [7, 11) is 2.10. The second-order valence-electron chi connectivity index (χ2n) is 7.46. The van der Waals surface area contributed by atoms with Crippen molar-refractivity contribution in [1.29, 1.82) is 0 Å². The molecule has 0 spiro atoms. The average molecular weight is 495 g/mol. The van der Waals surface area contributed by atoms with Gasteiger partial charge < -0.3 is 14.8 Å². The van der Waals surface area contributed by atoms with E-state index in [2.05, 4.69) is 35.2 Å². The number of anilines is 1. The van der Waals surface area contributed by atoms with Crippen LogP contribution in [0.25, 0.3) is 11.3 Å². The van der Waals surface area contributed by atoms with Crippen molar-refractivity contribution in [3.8, 4) is 11.3 Å². The van der Waals surface area contributed by atoms with E-state index in [-0.39, 0.29) is 0 Å². The largest absolute Gasteiger partial charge is 0.481 e. The van der Waals surface area contributed by atoms with Crippen LogP contribution in [-0.2, 0) is 9.59 Å². The highest BCUT2D eigenvalue weighted by Gasteiger charge is 2.28. The summed E-state index contributed by atoms with van der Waals surface area (Å²) in [5.41, 5.74) is 3.12. The molecule has 1 aromatic carbocycles. The van der Waals surface area contributed by atoms with Crippen LogP contribution in [0.4, 0.5) is 5.13 Å². The third-order valence-corrected chi connectivity index (χ3v) is 6.21. The van der Waals surface area contributed by atoms with Crippen LogP contribution in [0.5, 0.6) is 0 Å². The molecule has 1 heterocycles. The minimum atomic E-state index is -0.833. The Kier molecular flexibility index (Phi) is 10.9. The van der Waals surface area contributed by atoms with E-state index in [4.69, 9.17) is 33.1 Å². The smallest absolute Gasteiger partial charge is 0.300 e. The molecule has 32 heavy (non-hydrogen) atoms. The number of halogens is 2. The molecule has 0 saturated heterocycles. The van der Waals surface area contributed by atoms with Gasteiger partial charge in [0.15, 0.2) is 5.13 Å². The number of carbonyl (C=O) groups is 2. The average Bonchev–Trinajstić information content (AvgIpc) is 3.51. The number of thiazole rings is 1. The Labute approximate surface area is 203 Å². The molecule has 0 amide bonds. The fraction of sp³-hybridized carbons (Fsp3) is 0.375. The molecule has 0 bridgehead atoms. The lowest BCUT2D eigenvalue weighted by atomic mass is 10.0. The maximum Gasteiger partial charge on any atom is 0.300 e. The Morgan fingerprint density at radius 1 is 1.31 bits per heavy atom. The van der Waals surface area contributed by atoms with E-state index in [1.165, 1.54) is 18.4 Å². The molecule has 2 aromatic rings. The van der Waals surface area contributed by atoms with E-state index in [9.17, 15) is 4.79 Å². The summed E-state index contributed by atoms with van der Waals surface area (Å²) in [6.07, 6.45) is 13.9. The normalized spacial score (nSPS) is 14.3. The van der Waals surface area contributed by atoms with Crippen LogP contribution in [0.1, 0.15) is 45.4 Å². The van der Waals surface area contributed by atoms with Crippen LogP contribution < -0.4 is 4.90 Å². The molecule has 4 rings (SSSR count). The number of aldehydes is 1. The van der Waals surface area contributed by atoms with Crippen molar-refractivity contribution < 1.29 is 14.7 Å². The maximum absolute atomic E-state index is 10.00. The SMILES string of the molecule is CC(=O)O.CN(c1nc(-c2cc(Cl)ccc2Cl)cs1)C1CC1.O=CCCC1=CCCC=C1. The number of aliphatic carboxylic acids is 1. The molecule has 1 fully saturated rings. The van der Waals surface area contributed by atoms with Crippen molar-refractivity contribution in [2.45, 2.75) is 51.5 Å². The second-order valence-corrected chi connectivity index (χ2v) is 9.14. The third kappa shape index (κ3) is 9.15. The first kappa shape index (κ1) is 26.1. The number of benzene rings is 1. The van der Waals surface area contributed by atoms with Gasteiger partial charge >= 0.3 is 0 Å². The van der Waals surface area contributed by atoms with Gasteiger partial charge in [0.05, 0.1) is 10.7 Å². The number of hydrogen-bond donors (Lipinski definition) is 1. The first-order valence-electron chi connectivity index (χ1n) is 10.4. The van der Waals surface area contributed by atoms with Gasteiger partial charge in [-0.1, -0.05) is 47.0 Å². The van der Waals surface area contributed by atoms with Crippen LogP contribution in [0, 0.1) is 0 Å². The van der Waals surface area contributed by atoms with Crippen molar-refractivity contribution in [2.75, 3.05) is 11.9 Å². The summed E-state index contributed by atoms with van der Waals surface area (Å²) in [5, 5.41) is 11.9. The minimum Gasteiger partial charge on any atom is -0.481 e. The zero-order valence-corrected chi connectivity index (χ0v) is 20.6. The zero-order chi connectivity index (χ0) is 23.5. The molecular weight excluding hydrogens is 467 g/mol. The van der Waals surface area contributed by atoms with Crippen molar-refractivity contribution in [3.05, 3.63) is 57.4 Å². The molecule has 0 atom stereocenters. The number of carbonyl (C=O) groups excluding carboxylic acids is 1. The van der Waals surface area contributed by atoms with E-state index in [1.807, 2.05) is 17.5 Å². The van der Waals surface area contributed by atoms with Gasteiger partial charge in [-0.2, -0.15) is 0 Å². The number of aromatic nitrogens is 1. The second kappa shape index (κ2) is 13.4. The lowest BCUT2D eigenvalue weighted by Gasteiger charge is -2.13. The fourth-order valence-corrected chi connectivity index (χ4v) is 4.19. The Hall–Kier alpha value is -2.15. The van der Waals surface area contributed by atoms with E-state index >= 15 is 0 Å². The molecule has 2 aliphatic carbocycles. The van der Waals surface area contributed by atoms with Crippen LogP contribution in [-0.4, -0.2) is 35.4 Å². The first-order chi connectivity index (χ1) is 15.3.